The first kappa shape index (κ1) is 13.4. The fourth-order valence-electron chi connectivity index (χ4n) is 1.72. The van der Waals surface area contributed by atoms with Crippen LogP contribution in [-0.2, 0) is 6.42 Å². The zero-order valence-electron chi connectivity index (χ0n) is 10.3. The third-order valence-corrected chi connectivity index (χ3v) is 2.98. The van der Waals surface area contributed by atoms with Crippen LogP contribution in [0.25, 0.3) is 0 Å². The minimum absolute atomic E-state index is 0.265. The zero-order valence-corrected chi connectivity index (χ0v) is 11.0. The van der Waals surface area contributed by atoms with Crippen LogP contribution < -0.4 is 11.1 Å². The summed E-state index contributed by atoms with van der Waals surface area (Å²) in [5.74, 6) is -0.265. The Labute approximate surface area is 116 Å². The number of rotatable bonds is 4. The molecule has 1 amide bonds. The lowest BCUT2D eigenvalue weighted by molar-refractivity contribution is 0.0955. The van der Waals surface area contributed by atoms with Crippen LogP contribution in [0.2, 0.25) is 5.02 Å². The number of nitrogens with zero attached hydrogens (tertiary/aromatic N) is 1. The van der Waals surface area contributed by atoms with Crippen molar-refractivity contribution >= 4 is 23.2 Å². The minimum atomic E-state index is -0.265. The maximum atomic E-state index is 12.0. The van der Waals surface area contributed by atoms with Gasteiger partial charge in [0.2, 0.25) is 0 Å². The van der Waals surface area contributed by atoms with E-state index in [0.29, 0.717) is 29.2 Å². The summed E-state index contributed by atoms with van der Waals surface area (Å²) in [6, 6.07) is 10.7. The number of hydrogen-bond acceptors (Lipinski definition) is 3. The SMILES string of the molecule is Nc1cccc(Cl)c1C(=O)NCCc1ccccn1. The van der Waals surface area contributed by atoms with Gasteiger partial charge in [-0.15, -0.1) is 0 Å². The fourth-order valence-corrected chi connectivity index (χ4v) is 1.99. The van der Waals surface area contributed by atoms with Crippen molar-refractivity contribution in [3.8, 4) is 0 Å². The second kappa shape index (κ2) is 6.20. The van der Waals surface area contributed by atoms with Crippen LogP contribution in [0.5, 0.6) is 0 Å². The summed E-state index contributed by atoms with van der Waals surface area (Å²) in [4.78, 5) is 16.2. The van der Waals surface area contributed by atoms with Gasteiger partial charge in [-0.05, 0) is 24.3 Å². The van der Waals surface area contributed by atoms with E-state index in [-0.39, 0.29) is 5.91 Å². The molecule has 0 aliphatic heterocycles. The summed E-state index contributed by atoms with van der Waals surface area (Å²) in [6.45, 7) is 0.487. The average Bonchev–Trinajstić information content (AvgIpc) is 2.40. The molecule has 4 nitrogen and oxygen atoms in total. The van der Waals surface area contributed by atoms with Gasteiger partial charge in [0, 0.05) is 30.5 Å². The average molecular weight is 276 g/mol. The summed E-state index contributed by atoms with van der Waals surface area (Å²) < 4.78 is 0. The number of carbonyl (C=O) groups excluding carboxylic acids is 1. The largest absolute Gasteiger partial charge is 0.398 e. The Balaban J connectivity index is 1.95. The predicted octanol–water partition coefficient (Wildman–Crippen LogP) is 2.29. The Kier molecular flexibility index (Phi) is 4.36. The van der Waals surface area contributed by atoms with Crippen LogP contribution in [0.1, 0.15) is 16.1 Å². The Morgan fingerprint density at radius 3 is 2.79 bits per heavy atom. The molecule has 0 aliphatic carbocycles. The topological polar surface area (TPSA) is 68.0 Å². The number of halogens is 1. The van der Waals surface area contributed by atoms with Crippen molar-refractivity contribution in [3.63, 3.8) is 0 Å². The van der Waals surface area contributed by atoms with Crippen molar-refractivity contribution in [2.45, 2.75) is 6.42 Å². The van der Waals surface area contributed by atoms with E-state index < -0.39 is 0 Å². The van der Waals surface area contributed by atoms with Crippen LogP contribution in [0.4, 0.5) is 5.69 Å². The smallest absolute Gasteiger partial charge is 0.254 e. The van der Waals surface area contributed by atoms with Gasteiger partial charge in [-0.1, -0.05) is 23.7 Å². The molecule has 1 aromatic heterocycles. The number of nitrogens with one attached hydrogen (secondary N) is 1. The van der Waals surface area contributed by atoms with E-state index in [4.69, 9.17) is 17.3 Å². The van der Waals surface area contributed by atoms with Crippen LogP contribution in [0, 0.1) is 0 Å². The highest BCUT2D eigenvalue weighted by Crippen LogP contribution is 2.21. The molecule has 19 heavy (non-hydrogen) atoms. The second-order valence-electron chi connectivity index (χ2n) is 4.03. The Hall–Kier alpha value is -2.07. The van der Waals surface area contributed by atoms with Crippen molar-refractivity contribution < 1.29 is 4.79 Å². The molecule has 0 bridgehead atoms. The van der Waals surface area contributed by atoms with Crippen LogP contribution in [0.3, 0.4) is 0 Å². The molecule has 0 atom stereocenters. The summed E-state index contributed by atoms with van der Waals surface area (Å²) in [7, 11) is 0. The molecule has 3 N–H and O–H groups in total. The number of benzene rings is 1. The van der Waals surface area contributed by atoms with E-state index >= 15 is 0 Å². The molecule has 0 radical (unpaired) electrons. The molecule has 0 aliphatic rings. The fraction of sp³-hybridized carbons (Fsp3) is 0.143. The van der Waals surface area contributed by atoms with Crippen molar-refractivity contribution in [2.24, 2.45) is 0 Å². The lowest BCUT2D eigenvalue weighted by atomic mass is 10.1. The highest BCUT2D eigenvalue weighted by molar-refractivity contribution is 6.34. The number of nitrogen functional groups attached to an aromatic ring is 1. The number of carbonyl (C=O) groups is 1. The van der Waals surface area contributed by atoms with Gasteiger partial charge in [0.25, 0.3) is 5.91 Å². The van der Waals surface area contributed by atoms with Gasteiger partial charge in [-0.25, -0.2) is 0 Å². The third kappa shape index (κ3) is 3.45. The molecular weight excluding hydrogens is 262 g/mol. The van der Waals surface area contributed by atoms with Crippen LogP contribution in [0.15, 0.2) is 42.6 Å². The van der Waals surface area contributed by atoms with Gasteiger partial charge in [0.1, 0.15) is 0 Å². The molecule has 1 aromatic carbocycles. The molecular formula is C14H14ClN3O. The van der Waals surface area contributed by atoms with Crippen molar-refractivity contribution in [1.29, 1.82) is 0 Å². The van der Waals surface area contributed by atoms with Gasteiger partial charge < -0.3 is 11.1 Å². The molecule has 5 heteroatoms. The second-order valence-corrected chi connectivity index (χ2v) is 4.44. The van der Waals surface area contributed by atoms with E-state index in [0.717, 1.165) is 5.69 Å². The maximum absolute atomic E-state index is 12.0. The molecule has 2 aromatic rings. The van der Waals surface area contributed by atoms with E-state index in [1.165, 1.54) is 0 Å². The molecule has 2 rings (SSSR count). The molecule has 1 heterocycles. The molecule has 0 unspecified atom stereocenters. The highest BCUT2D eigenvalue weighted by atomic mass is 35.5. The molecule has 0 saturated carbocycles. The Bertz CT molecular complexity index is 552. The Morgan fingerprint density at radius 1 is 1.26 bits per heavy atom. The first-order valence-electron chi connectivity index (χ1n) is 5.90. The van der Waals surface area contributed by atoms with Crippen molar-refractivity contribution in [2.75, 3.05) is 12.3 Å². The standard InChI is InChI=1S/C14H14ClN3O/c15-11-5-3-6-12(16)13(11)14(19)18-9-7-10-4-1-2-8-17-10/h1-6,8H,7,9,16H2,(H,18,19). The maximum Gasteiger partial charge on any atom is 0.254 e. The normalized spacial score (nSPS) is 10.2. The van der Waals surface area contributed by atoms with Gasteiger partial charge >= 0.3 is 0 Å². The van der Waals surface area contributed by atoms with Crippen molar-refractivity contribution in [1.82, 2.24) is 10.3 Å². The predicted molar refractivity (Wildman–Crippen MR) is 76.1 cm³/mol. The first-order chi connectivity index (χ1) is 9.18. The van der Waals surface area contributed by atoms with E-state index in [2.05, 4.69) is 10.3 Å². The summed E-state index contributed by atoms with van der Waals surface area (Å²) in [6.07, 6.45) is 2.39. The quantitative estimate of drug-likeness (QED) is 0.841. The highest BCUT2D eigenvalue weighted by Gasteiger charge is 2.13. The number of hydrogen-bond donors (Lipinski definition) is 2. The third-order valence-electron chi connectivity index (χ3n) is 2.67. The summed E-state index contributed by atoms with van der Waals surface area (Å²) in [5.41, 5.74) is 7.38. The number of nitrogens with two attached hydrogens (primary N) is 1. The number of aromatic nitrogens is 1. The van der Waals surface area contributed by atoms with E-state index in [9.17, 15) is 4.79 Å². The van der Waals surface area contributed by atoms with Gasteiger partial charge in [0.05, 0.1) is 10.6 Å². The molecule has 0 fully saturated rings. The number of amides is 1. The molecule has 0 spiro atoms. The van der Waals surface area contributed by atoms with Crippen LogP contribution >= 0.6 is 11.6 Å². The molecule has 98 valence electrons. The van der Waals surface area contributed by atoms with Gasteiger partial charge in [0.15, 0.2) is 0 Å². The lowest BCUT2D eigenvalue weighted by Crippen LogP contribution is -2.27. The summed E-state index contributed by atoms with van der Waals surface area (Å²) >= 11 is 5.97. The van der Waals surface area contributed by atoms with Crippen molar-refractivity contribution in [3.05, 3.63) is 58.9 Å². The number of anilines is 1. The van der Waals surface area contributed by atoms with E-state index in [1.807, 2.05) is 18.2 Å². The van der Waals surface area contributed by atoms with E-state index in [1.54, 1.807) is 24.4 Å². The Morgan fingerprint density at radius 2 is 2.11 bits per heavy atom. The van der Waals surface area contributed by atoms with Crippen LogP contribution in [-0.4, -0.2) is 17.4 Å². The molecule has 0 saturated heterocycles. The minimum Gasteiger partial charge on any atom is -0.398 e. The van der Waals surface area contributed by atoms with Gasteiger partial charge in [-0.2, -0.15) is 0 Å². The zero-order chi connectivity index (χ0) is 13.7. The first-order valence-corrected chi connectivity index (χ1v) is 6.28. The lowest BCUT2D eigenvalue weighted by Gasteiger charge is -2.08. The summed E-state index contributed by atoms with van der Waals surface area (Å²) in [5, 5.41) is 3.14. The monoisotopic (exact) mass is 275 g/mol. The number of pyridine rings is 1. The van der Waals surface area contributed by atoms with Gasteiger partial charge in [-0.3, -0.25) is 9.78 Å².